The first kappa shape index (κ1) is 23.3. The summed E-state index contributed by atoms with van der Waals surface area (Å²) in [5.74, 6) is 0.831. The van der Waals surface area contributed by atoms with Crippen LogP contribution >= 0.6 is 23.1 Å². The Hall–Kier alpha value is -2.83. The van der Waals surface area contributed by atoms with Gasteiger partial charge < -0.3 is 14.8 Å². The van der Waals surface area contributed by atoms with E-state index in [1.54, 1.807) is 11.3 Å². The van der Waals surface area contributed by atoms with Gasteiger partial charge >= 0.3 is 0 Å². The van der Waals surface area contributed by atoms with Crippen LogP contribution in [0.2, 0.25) is 0 Å². The number of hydrogen-bond acceptors (Lipinski definition) is 7. The monoisotopic (exact) mass is 480 g/mol. The number of benzene rings is 1. The van der Waals surface area contributed by atoms with E-state index >= 15 is 0 Å². The molecule has 1 N–H and O–H groups in total. The molecule has 0 atom stereocenters. The number of carbonyl (C=O) groups is 1. The molecule has 0 unspecified atom stereocenters. The van der Waals surface area contributed by atoms with Crippen molar-refractivity contribution in [2.24, 2.45) is 7.05 Å². The van der Waals surface area contributed by atoms with E-state index in [0.717, 1.165) is 48.3 Å². The minimum atomic E-state index is -0.134. The van der Waals surface area contributed by atoms with Gasteiger partial charge in [0.2, 0.25) is 5.91 Å². The molecule has 0 fully saturated rings. The van der Waals surface area contributed by atoms with E-state index in [2.05, 4.69) is 21.6 Å². The number of thioether (sulfide) groups is 1. The number of nitrogens with zero attached hydrogens (tertiary/aromatic N) is 5. The van der Waals surface area contributed by atoms with Crippen LogP contribution in [-0.2, 0) is 24.7 Å². The highest BCUT2D eigenvalue weighted by atomic mass is 32.2. The normalized spacial score (nSPS) is 13.5. The van der Waals surface area contributed by atoms with Crippen LogP contribution in [0.5, 0.6) is 0 Å². The van der Waals surface area contributed by atoms with Crippen molar-refractivity contribution in [1.29, 1.82) is 5.26 Å². The lowest BCUT2D eigenvalue weighted by Gasteiger charge is -2.12. The summed E-state index contributed by atoms with van der Waals surface area (Å²) in [6.45, 7) is 0. The summed E-state index contributed by atoms with van der Waals surface area (Å²) in [5, 5.41) is 22.7. The molecule has 3 aromatic rings. The Bertz CT molecular complexity index is 1170. The second kappa shape index (κ2) is 10.4. The van der Waals surface area contributed by atoms with E-state index < -0.39 is 0 Å². The van der Waals surface area contributed by atoms with Gasteiger partial charge in [0.1, 0.15) is 11.1 Å². The molecule has 0 radical (unpaired) electrons. The fraction of sp³-hybridized carbons (Fsp3) is 0.417. The van der Waals surface area contributed by atoms with Gasteiger partial charge in [-0.25, -0.2) is 0 Å². The summed E-state index contributed by atoms with van der Waals surface area (Å²) in [5.41, 5.74) is 3.88. The summed E-state index contributed by atoms with van der Waals surface area (Å²) in [6, 6.07) is 10.5. The van der Waals surface area contributed by atoms with Crippen molar-refractivity contribution < 1.29 is 4.79 Å². The predicted octanol–water partition coefficient (Wildman–Crippen LogP) is 4.87. The van der Waals surface area contributed by atoms with E-state index in [-0.39, 0.29) is 11.7 Å². The summed E-state index contributed by atoms with van der Waals surface area (Å²) in [6.07, 6.45) is 6.62. The van der Waals surface area contributed by atoms with Gasteiger partial charge in [-0.3, -0.25) is 4.79 Å². The number of thiophene rings is 1. The number of aryl methyl sites for hydroxylation is 1. The highest BCUT2D eigenvalue weighted by Gasteiger charge is 2.21. The number of carbonyl (C=O) groups excluding carboxylic acids is 1. The van der Waals surface area contributed by atoms with Crippen molar-refractivity contribution in [2.75, 3.05) is 30.1 Å². The molecule has 1 aromatic carbocycles. The van der Waals surface area contributed by atoms with Crippen LogP contribution in [0.15, 0.2) is 29.4 Å². The Balaban J connectivity index is 1.42. The van der Waals surface area contributed by atoms with Gasteiger partial charge in [-0.2, -0.15) is 5.26 Å². The maximum absolute atomic E-state index is 12.7. The fourth-order valence-corrected chi connectivity index (χ4v) is 5.99. The molecule has 7 nitrogen and oxygen atoms in total. The third-order valence-electron chi connectivity index (χ3n) is 5.85. The molecule has 0 spiro atoms. The van der Waals surface area contributed by atoms with Crippen LogP contribution in [0.4, 0.5) is 10.7 Å². The lowest BCUT2D eigenvalue weighted by Crippen LogP contribution is -2.14. The van der Waals surface area contributed by atoms with Crippen molar-refractivity contribution in [3.63, 3.8) is 0 Å². The molecule has 0 bridgehead atoms. The topological polar surface area (TPSA) is 86.8 Å². The number of hydrogen-bond donors (Lipinski definition) is 1. The maximum Gasteiger partial charge on any atom is 0.235 e. The van der Waals surface area contributed by atoms with E-state index in [4.69, 9.17) is 0 Å². The van der Waals surface area contributed by atoms with Gasteiger partial charge in [0.05, 0.1) is 11.3 Å². The Kier molecular flexibility index (Phi) is 7.36. The van der Waals surface area contributed by atoms with Gasteiger partial charge in [-0.15, -0.1) is 21.5 Å². The Morgan fingerprint density at radius 2 is 1.91 bits per heavy atom. The van der Waals surface area contributed by atoms with E-state index in [0.29, 0.717) is 15.7 Å². The maximum atomic E-state index is 12.7. The summed E-state index contributed by atoms with van der Waals surface area (Å²) in [7, 11) is 5.91. The van der Waals surface area contributed by atoms with Gasteiger partial charge in [-0.1, -0.05) is 24.6 Å². The van der Waals surface area contributed by atoms with Crippen molar-refractivity contribution in [3.8, 4) is 17.5 Å². The zero-order valence-corrected chi connectivity index (χ0v) is 20.9. The first-order valence-electron chi connectivity index (χ1n) is 11.1. The number of amides is 1. The van der Waals surface area contributed by atoms with Crippen LogP contribution in [0.1, 0.15) is 41.7 Å². The number of anilines is 2. The molecule has 172 valence electrons. The standard InChI is InChI=1S/C24H28N6OS2/c1-29(2)17-12-10-16(11-13-17)22-27-28-24(30(22)3)32-15-21(31)26-23-19(14-25)18-8-6-4-5-7-9-20(18)33-23/h10-13H,4-9,15H2,1-3H3,(H,26,31). The van der Waals surface area contributed by atoms with Crippen molar-refractivity contribution >= 4 is 39.7 Å². The highest BCUT2D eigenvalue weighted by Crippen LogP contribution is 2.36. The average Bonchev–Trinajstić information content (AvgIpc) is 3.31. The molecule has 33 heavy (non-hydrogen) atoms. The van der Waals surface area contributed by atoms with Gasteiger partial charge in [-0.05, 0) is 55.5 Å². The molecule has 0 saturated carbocycles. The molecule has 2 aromatic heterocycles. The second-order valence-corrected chi connectivity index (χ2v) is 10.4. The number of nitriles is 1. The number of nitrogens with one attached hydrogen (secondary N) is 1. The third kappa shape index (κ3) is 5.23. The average molecular weight is 481 g/mol. The Morgan fingerprint density at radius 3 is 2.61 bits per heavy atom. The third-order valence-corrected chi connectivity index (χ3v) is 8.07. The summed E-state index contributed by atoms with van der Waals surface area (Å²) < 4.78 is 1.90. The molecule has 1 aliphatic rings. The van der Waals surface area contributed by atoms with E-state index in [9.17, 15) is 10.1 Å². The number of rotatable bonds is 6. The number of aromatic nitrogens is 3. The van der Waals surface area contributed by atoms with Crippen LogP contribution in [0, 0.1) is 11.3 Å². The van der Waals surface area contributed by atoms with Crippen LogP contribution < -0.4 is 10.2 Å². The SMILES string of the molecule is CN(C)c1ccc(-c2nnc(SCC(=O)Nc3sc4c(c3C#N)CCCCCC4)n2C)cc1. The zero-order valence-electron chi connectivity index (χ0n) is 19.2. The minimum Gasteiger partial charge on any atom is -0.378 e. The van der Waals surface area contributed by atoms with Gasteiger partial charge in [0.25, 0.3) is 0 Å². The zero-order chi connectivity index (χ0) is 23.4. The van der Waals surface area contributed by atoms with Gasteiger partial charge in [0.15, 0.2) is 11.0 Å². The smallest absolute Gasteiger partial charge is 0.235 e. The largest absolute Gasteiger partial charge is 0.378 e. The van der Waals surface area contributed by atoms with E-state index in [1.807, 2.05) is 54.9 Å². The fourth-order valence-electron chi connectivity index (χ4n) is 4.02. The quantitative estimate of drug-likeness (QED) is 0.507. The van der Waals surface area contributed by atoms with Crippen LogP contribution in [0.3, 0.4) is 0 Å². The molecule has 9 heteroatoms. The molecule has 0 aliphatic heterocycles. The van der Waals surface area contributed by atoms with Gasteiger partial charge in [0, 0.05) is 37.3 Å². The molecule has 4 rings (SSSR count). The molecular formula is C24H28N6OS2. The predicted molar refractivity (Wildman–Crippen MR) is 135 cm³/mol. The first-order chi connectivity index (χ1) is 16.0. The highest BCUT2D eigenvalue weighted by molar-refractivity contribution is 7.99. The first-order valence-corrected chi connectivity index (χ1v) is 12.9. The van der Waals surface area contributed by atoms with E-state index in [1.165, 1.54) is 29.5 Å². The van der Waals surface area contributed by atoms with Crippen LogP contribution in [0.25, 0.3) is 11.4 Å². The minimum absolute atomic E-state index is 0.134. The van der Waals surface area contributed by atoms with Crippen molar-refractivity contribution in [1.82, 2.24) is 14.8 Å². The lowest BCUT2D eigenvalue weighted by atomic mass is 9.97. The summed E-state index contributed by atoms with van der Waals surface area (Å²) in [4.78, 5) is 16.0. The Morgan fingerprint density at radius 1 is 1.18 bits per heavy atom. The van der Waals surface area contributed by atoms with Crippen LogP contribution in [-0.4, -0.2) is 40.5 Å². The molecule has 1 aliphatic carbocycles. The van der Waals surface area contributed by atoms with Crippen molar-refractivity contribution in [2.45, 2.75) is 43.7 Å². The lowest BCUT2D eigenvalue weighted by molar-refractivity contribution is -0.113. The molecule has 0 saturated heterocycles. The Labute approximate surface area is 202 Å². The summed E-state index contributed by atoms with van der Waals surface area (Å²) >= 11 is 2.91. The van der Waals surface area contributed by atoms with Crippen molar-refractivity contribution in [3.05, 3.63) is 40.3 Å². The molecule has 2 heterocycles. The molecule has 1 amide bonds. The second-order valence-electron chi connectivity index (χ2n) is 8.38. The molecular weight excluding hydrogens is 452 g/mol. The number of fused-ring (bicyclic) bond motifs is 1.